The molecule has 2 amide bonds. The summed E-state index contributed by atoms with van der Waals surface area (Å²) in [6, 6.07) is 7.66. The Bertz CT molecular complexity index is 1170. The lowest BCUT2D eigenvalue weighted by molar-refractivity contribution is -0.162. The van der Waals surface area contributed by atoms with E-state index in [0.717, 1.165) is 12.8 Å². The van der Waals surface area contributed by atoms with Crippen molar-refractivity contribution in [1.82, 2.24) is 10.0 Å². The second-order valence-electron chi connectivity index (χ2n) is 12.0. The lowest BCUT2D eigenvalue weighted by atomic mass is 9.76. The predicted octanol–water partition coefficient (Wildman–Crippen LogP) is 3.90. The van der Waals surface area contributed by atoms with Crippen LogP contribution in [0.25, 0.3) is 0 Å². The van der Waals surface area contributed by atoms with Crippen LogP contribution in [0.15, 0.2) is 47.9 Å². The summed E-state index contributed by atoms with van der Waals surface area (Å²) in [7, 11) is -2.36. The fraction of sp³-hybridized carbons (Fsp3) is 0.645. The van der Waals surface area contributed by atoms with Gasteiger partial charge < -0.3 is 19.5 Å². The molecule has 3 rings (SSSR count). The highest BCUT2D eigenvalue weighted by atomic mass is 32.2. The Morgan fingerprint density at radius 1 is 1.07 bits per heavy atom. The van der Waals surface area contributed by atoms with Gasteiger partial charge in [-0.05, 0) is 77.0 Å². The van der Waals surface area contributed by atoms with Crippen LogP contribution in [-0.2, 0) is 38.6 Å². The highest BCUT2D eigenvalue weighted by Crippen LogP contribution is 2.44. The number of ether oxygens (including phenoxy) is 3. The third kappa shape index (κ3) is 9.37. The number of amides is 2. The number of hydrogen-bond acceptors (Lipinski definition) is 8. The van der Waals surface area contributed by atoms with E-state index in [-0.39, 0.29) is 23.5 Å². The van der Waals surface area contributed by atoms with E-state index in [1.165, 1.54) is 12.1 Å². The normalized spacial score (nSPS) is 21.2. The van der Waals surface area contributed by atoms with Gasteiger partial charge in [0.05, 0.1) is 36.0 Å². The number of carbonyl (C=O) groups is 3. The van der Waals surface area contributed by atoms with Gasteiger partial charge in [0.2, 0.25) is 11.8 Å². The third-order valence-corrected chi connectivity index (χ3v) is 9.70. The average molecular weight is 607 g/mol. The van der Waals surface area contributed by atoms with Gasteiger partial charge >= 0.3 is 5.97 Å². The maximum Gasteiger partial charge on any atom is 0.312 e. The van der Waals surface area contributed by atoms with E-state index in [9.17, 15) is 22.8 Å². The SMILES string of the molecule is C=CC(C)(C)OC(=O)C(COCCOC)CC1(C(=O)NC2CCC(C(=O)NS(=O)(=O)c3ccccc3)CC2)CCCC1. The van der Waals surface area contributed by atoms with E-state index in [1.54, 1.807) is 45.2 Å². The summed E-state index contributed by atoms with van der Waals surface area (Å²) in [6.07, 6.45) is 7.05. The Morgan fingerprint density at radius 3 is 2.31 bits per heavy atom. The number of rotatable bonds is 15. The number of esters is 1. The molecule has 1 atom stereocenters. The van der Waals surface area contributed by atoms with Crippen molar-refractivity contribution in [3.63, 3.8) is 0 Å². The first-order valence-electron chi connectivity index (χ1n) is 14.8. The Balaban J connectivity index is 1.60. The van der Waals surface area contributed by atoms with Gasteiger partial charge in [0.25, 0.3) is 10.0 Å². The van der Waals surface area contributed by atoms with E-state index in [1.807, 2.05) is 0 Å². The first-order chi connectivity index (χ1) is 19.9. The van der Waals surface area contributed by atoms with Crippen LogP contribution in [0.1, 0.15) is 71.6 Å². The second kappa shape index (κ2) is 15.1. The van der Waals surface area contributed by atoms with E-state index < -0.39 is 44.8 Å². The lowest BCUT2D eigenvalue weighted by Gasteiger charge is -2.35. The second-order valence-corrected chi connectivity index (χ2v) is 13.7. The monoisotopic (exact) mass is 606 g/mol. The molecule has 10 nitrogen and oxygen atoms in total. The van der Waals surface area contributed by atoms with Crippen molar-refractivity contribution in [3.8, 4) is 0 Å². The highest BCUT2D eigenvalue weighted by molar-refractivity contribution is 7.90. The summed E-state index contributed by atoms with van der Waals surface area (Å²) in [5, 5.41) is 3.20. The minimum absolute atomic E-state index is 0.0421. The van der Waals surface area contributed by atoms with Crippen molar-refractivity contribution in [2.75, 3.05) is 26.9 Å². The summed E-state index contributed by atoms with van der Waals surface area (Å²) in [4.78, 5) is 39.8. The van der Waals surface area contributed by atoms with Crippen molar-refractivity contribution in [1.29, 1.82) is 0 Å². The molecule has 0 aliphatic heterocycles. The molecule has 1 aromatic rings. The van der Waals surface area contributed by atoms with Crippen LogP contribution in [-0.4, -0.2) is 64.8 Å². The molecule has 0 radical (unpaired) electrons. The van der Waals surface area contributed by atoms with Gasteiger partial charge in [-0.3, -0.25) is 14.4 Å². The summed E-state index contributed by atoms with van der Waals surface area (Å²) in [5.41, 5.74) is -1.57. The van der Waals surface area contributed by atoms with Gasteiger partial charge in [-0.25, -0.2) is 13.1 Å². The molecule has 2 fully saturated rings. The fourth-order valence-corrected chi connectivity index (χ4v) is 6.79. The molecule has 0 aromatic heterocycles. The zero-order chi connectivity index (χ0) is 30.8. The zero-order valence-corrected chi connectivity index (χ0v) is 25.9. The van der Waals surface area contributed by atoms with Gasteiger partial charge in [-0.1, -0.05) is 37.6 Å². The molecular weight excluding hydrogens is 560 g/mol. The standard InChI is InChI=1S/C31H46N2O8S/c1-5-30(2,3)41-28(35)24(22-40-20-19-39-4)21-31(17-9-10-18-31)29(36)32-25-15-13-23(14-16-25)27(34)33-42(37,38)26-11-7-6-8-12-26/h5-8,11-12,23-25H,1,9-10,13-22H2,2-4H3,(H,32,36)(H,33,34). The number of carbonyl (C=O) groups excluding carboxylic acids is 3. The van der Waals surface area contributed by atoms with Crippen LogP contribution in [0.4, 0.5) is 0 Å². The summed E-state index contributed by atoms with van der Waals surface area (Å²) in [5.74, 6) is -2.11. The molecule has 0 bridgehead atoms. The van der Waals surface area contributed by atoms with Gasteiger partial charge in [-0.15, -0.1) is 0 Å². The molecule has 2 N–H and O–H groups in total. The molecule has 1 unspecified atom stereocenters. The Hall–Kier alpha value is -2.76. The van der Waals surface area contributed by atoms with Crippen LogP contribution < -0.4 is 10.0 Å². The van der Waals surface area contributed by atoms with Gasteiger partial charge in [-0.2, -0.15) is 0 Å². The quantitative estimate of drug-likeness (QED) is 0.174. The summed E-state index contributed by atoms with van der Waals surface area (Å²) in [6.45, 7) is 8.10. The topological polar surface area (TPSA) is 137 Å². The van der Waals surface area contributed by atoms with E-state index in [0.29, 0.717) is 58.2 Å². The number of nitrogens with one attached hydrogen (secondary N) is 2. The molecule has 42 heavy (non-hydrogen) atoms. The highest BCUT2D eigenvalue weighted by Gasteiger charge is 2.46. The van der Waals surface area contributed by atoms with E-state index >= 15 is 0 Å². The predicted molar refractivity (Wildman–Crippen MR) is 158 cm³/mol. The van der Waals surface area contributed by atoms with Crippen LogP contribution in [0.5, 0.6) is 0 Å². The number of benzene rings is 1. The summed E-state index contributed by atoms with van der Waals surface area (Å²) >= 11 is 0. The van der Waals surface area contributed by atoms with Crippen molar-refractivity contribution in [2.24, 2.45) is 17.3 Å². The Morgan fingerprint density at radius 2 is 1.71 bits per heavy atom. The van der Waals surface area contributed by atoms with Crippen LogP contribution in [0.2, 0.25) is 0 Å². The molecule has 2 aliphatic carbocycles. The van der Waals surface area contributed by atoms with Crippen LogP contribution >= 0.6 is 0 Å². The Labute approximate surface area is 250 Å². The fourth-order valence-electron chi connectivity index (χ4n) is 5.72. The molecule has 234 valence electrons. The molecular formula is C31H46N2O8S. The third-order valence-electron chi connectivity index (χ3n) is 8.34. The van der Waals surface area contributed by atoms with Gasteiger partial charge in [0.1, 0.15) is 5.60 Å². The van der Waals surface area contributed by atoms with Crippen LogP contribution in [0.3, 0.4) is 0 Å². The minimum atomic E-state index is -3.93. The maximum atomic E-state index is 13.8. The van der Waals surface area contributed by atoms with E-state index in [4.69, 9.17) is 14.2 Å². The average Bonchev–Trinajstić information content (AvgIpc) is 3.45. The first-order valence-corrected chi connectivity index (χ1v) is 16.3. The van der Waals surface area contributed by atoms with Crippen molar-refractivity contribution < 1.29 is 37.0 Å². The largest absolute Gasteiger partial charge is 0.455 e. The molecule has 11 heteroatoms. The number of methoxy groups -OCH3 is 1. The van der Waals surface area contributed by atoms with Gasteiger partial charge in [0, 0.05) is 19.1 Å². The van der Waals surface area contributed by atoms with Crippen molar-refractivity contribution in [2.45, 2.75) is 88.2 Å². The van der Waals surface area contributed by atoms with Crippen molar-refractivity contribution >= 4 is 27.8 Å². The molecule has 0 spiro atoms. The molecule has 1 aromatic carbocycles. The molecule has 0 saturated heterocycles. The van der Waals surface area contributed by atoms with Gasteiger partial charge in [0.15, 0.2) is 0 Å². The zero-order valence-electron chi connectivity index (χ0n) is 25.1. The maximum absolute atomic E-state index is 13.8. The van der Waals surface area contributed by atoms with Crippen LogP contribution in [0, 0.1) is 17.3 Å². The lowest BCUT2D eigenvalue weighted by Crippen LogP contribution is -2.48. The smallest absolute Gasteiger partial charge is 0.312 e. The molecule has 0 heterocycles. The molecule has 2 aliphatic rings. The molecule has 2 saturated carbocycles. The summed E-state index contributed by atoms with van der Waals surface area (Å²) < 4.78 is 43.8. The first kappa shape index (κ1) is 33.7. The van der Waals surface area contributed by atoms with Crippen molar-refractivity contribution in [3.05, 3.63) is 43.0 Å². The number of hydrogen-bond donors (Lipinski definition) is 2. The minimum Gasteiger partial charge on any atom is -0.455 e. The Kier molecular flexibility index (Phi) is 12.1. The number of sulfonamides is 1. The van der Waals surface area contributed by atoms with E-state index in [2.05, 4.69) is 16.6 Å².